The van der Waals surface area contributed by atoms with Gasteiger partial charge in [0.05, 0.1) is 0 Å². The molecule has 0 saturated carbocycles. The van der Waals surface area contributed by atoms with Crippen LogP contribution in [-0.2, 0) is 0 Å². The molecule has 0 fully saturated rings. The minimum Gasteiger partial charge on any atom is -0.0836 e. The number of allylic oxidation sites excluding steroid dienone is 8. The second kappa shape index (κ2) is 3.84. The van der Waals surface area contributed by atoms with Gasteiger partial charge < -0.3 is 0 Å². The van der Waals surface area contributed by atoms with E-state index < -0.39 is 0 Å². The Labute approximate surface area is 92.1 Å². The monoisotopic (exact) mass is 198 g/mol. The second-order valence-corrected chi connectivity index (χ2v) is 4.83. The van der Waals surface area contributed by atoms with E-state index in [0.717, 1.165) is 5.92 Å². The van der Waals surface area contributed by atoms with Crippen LogP contribution in [0.15, 0.2) is 47.1 Å². The molecule has 0 aromatic carbocycles. The lowest BCUT2D eigenvalue weighted by atomic mass is 9.77. The van der Waals surface area contributed by atoms with Crippen LogP contribution in [0.2, 0.25) is 0 Å². The fourth-order valence-electron chi connectivity index (χ4n) is 3.08. The third kappa shape index (κ3) is 1.62. The Bertz CT molecular complexity index is 377. The molecule has 0 saturated heterocycles. The first-order valence-corrected chi connectivity index (χ1v) is 6.22. The Morgan fingerprint density at radius 3 is 2.93 bits per heavy atom. The molecule has 0 aromatic heterocycles. The van der Waals surface area contributed by atoms with Crippen LogP contribution in [0.4, 0.5) is 0 Å². The van der Waals surface area contributed by atoms with E-state index in [4.69, 9.17) is 0 Å². The molecule has 0 N–H and O–H groups in total. The zero-order chi connectivity index (χ0) is 10.1. The van der Waals surface area contributed by atoms with E-state index in [-0.39, 0.29) is 0 Å². The molecule has 3 aliphatic rings. The van der Waals surface area contributed by atoms with E-state index in [1.807, 2.05) is 0 Å². The van der Waals surface area contributed by atoms with Gasteiger partial charge in [-0.1, -0.05) is 42.4 Å². The van der Waals surface area contributed by atoms with Crippen molar-refractivity contribution in [2.45, 2.75) is 38.5 Å². The number of rotatable bonds is 0. The lowest BCUT2D eigenvalue weighted by Gasteiger charge is -2.27. The minimum atomic E-state index is 0.730. The van der Waals surface area contributed by atoms with Crippen molar-refractivity contribution >= 4 is 0 Å². The predicted octanol–water partition coefficient (Wildman–Crippen LogP) is 4.32. The van der Waals surface area contributed by atoms with E-state index in [1.165, 1.54) is 44.1 Å². The molecule has 0 aliphatic heterocycles. The van der Waals surface area contributed by atoms with Crippen molar-refractivity contribution in [2.24, 2.45) is 5.92 Å². The van der Waals surface area contributed by atoms with Gasteiger partial charge in [-0.3, -0.25) is 0 Å². The molecule has 3 aliphatic carbocycles. The predicted molar refractivity (Wildman–Crippen MR) is 64.6 cm³/mol. The minimum absolute atomic E-state index is 0.730. The molecule has 1 unspecified atom stereocenters. The molecular formula is C15H18. The number of hydrogen-bond acceptors (Lipinski definition) is 0. The maximum Gasteiger partial charge on any atom is 0.00885 e. The van der Waals surface area contributed by atoms with Crippen LogP contribution < -0.4 is 0 Å². The first-order valence-electron chi connectivity index (χ1n) is 6.22. The van der Waals surface area contributed by atoms with Crippen molar-refractivity contribution in [1.29, 1.82) is 0 Å². The maximum atomic E-state index is 2.38. The molecule has 0 bridgehead atoms. The molecule has 3 rings (SSSR count). The summed E-state index contributed by atoms with van der Waals surface area (Å²) in [6, 6.07) is 0. The molecule has 0 heterocycles. The first kappa shape index (κ1) is 9.21. The quantitative estimate of drug-likeness (QED) is 0.544. The van der Waals surface area contributed by atoms with Gasteiger partial charge in [-0.05, 0) is 43.3 Å². The van der Waals surface area contributed by atoms with Gasteiger partial charge in [-0.2, -0.15) is 0 Å². The lowest BCUT2D eigenvalue weighted by Crippen LogP contribution is -2.12. The molecule has 1 atom stereocenters. The van der Waals surface area contributed by atoms with Crippen molar-refractivity contribution in [3.63, 3.8) is 0 Å². The van der Waals surface area contributed by atoms with Gasteiger partial charge in [0.2, 0.25) is 0 Å². The van der Waals surface area contributed by atoms with Crippen LogP contribution in [0.25, 0.3) is 0 Å². The number of hydrogen-bond donors (Lipinski definition) is 0. The highest BCUT2D eigenvalue weighted by molar-refractivity contribution is 5.46. The van der Waals surface area contributed by atoms with E-state index in [1.54, 1.807) is 11.1 Å². The van der Waals surface area contributed by atoms with E-state index in [2.05, 4.69) is 30.4 Å². The standard InChI is InChI=1S/C15H18/c1-2-6-12-10-11-13-7-4-5-9-15(13)14(12)8-3-1/h4-5,7,10-11,15H,1-3,6,8-9H2. The maximum absolute atomic E-state index is 2.38. The highest BCUT2D eigenvalue weighted by Gasteiger charge is 2.24. The summed E-state index contributed by atoms with van der Waals surface area (Å²) < 4.78 is 0. The first-order chi connectivity index (χ1) is 7.45. The van der Waals surface area contributed by atoms with Crippen molar-refractivity contribution in [3.8, 4) is 0 Å². The van der Waals surface area contributed by atoms with Gasteiger partial charge in [-0.25, -0.2) is 0 Å². The third-order valence-electron chi connectivity index (χ3n) is 3.90. The van der Waals surface area contributed by atoms with E-state index in [9.17, 15) is 0 Å². The van der Waals surface area contributed by atoms with Crippen molar-refractivity contribution in [2.75, 3.05) is 0 Å². The summed E-state index contributed by atoms with van der Waals surface area (Å²) in [7, 11) is 0. The Morgan fingerprint density at radius 2 is 1.93 bits per heavy atom. The Morgan fingerprint density at radius 1 is 1.00 bits per heavy atom. The molecule has 0 aromatic rings. The van der Waals surface area contributed by atoms with Gasteiger partial charge in [-0.15, -0.1) is 0 Å². The van der Waals surface area contributed by atoms with E-state index >= 15 is 0 Å². The fourth-order valence-corrected chi connectivity index (χ4v) is 3.08. The van der Waals surface area contributed by atoms with Crippen molar-refractivity contribution < 1.29 is 0 Å². The zero-order valence-corrected chi connectivity index (χ0v) is 9.21. The summed E-state index contributed by atoms with van der Waals surface area (Å²) in [6.07, 6.45) is 19.7. The van der Waals surface area contributed by atoms with Crippen LogP contribution in [0.1, 0.15) is 38.5 Å². The Hall–Kier alpha value is -1.04. The summed E-state index contributed by atoms with van der Waals surface area (Å²) >= 11 is 0. The number of fused-ring (bicyclic) bond motifs is 2. The lowest BCUT2D eigenvalue weighted by molar-refractivity contribution is 0.652. The summed E-state index contributed by atoms with van der Waals surface area (Å²) in [4.78, 5) is 0. The van der Waals surface area contributed by atoms with Crippen LogP contribution in [-0.4, -0.2) is 0 Å². The van der Waals surface area contributed by atoms with Crippen molar-refractivity contribution in [3.05, 3.63) is 47.1 Å². The molecule has 0 radical (unpaired) electrons. The average molecular weight is 198 g/mol. The van der Waals surface area contributed by atoms with Crippen LogP contribution in [0.3, 0.4) is 0 Å². The Kier molecular flexibility index (Phi) is 2.36. The largest absolute Gasteiger partial charge is 0.0836 e. The molecule has 78 valence electrons. The van der Waals surface area contributed by atoms with Gasteiger partial charge in [0, 0.05) is 5.92 Å². The summed E-state index contributed by atoms with van der Waals surface area (Å²) in [5.74, 6) is 0.730. The topological polar surface area (TPSA) is 0 Å². The van der Waals surface area contributed by atoms with Crippen LogP contribution in [0.5, 0.6) is 0 Å². The molecule has 0 heteroatoms. The Balaban J connectivity index is 1.98. The zero-order valence-electron chi connectivity index (χ0n) is 9.21. The summed E-state index contributed by atoms with van der Waals surface area (Å²) in [6.45, 7) is 0. The van der Waals surface area contributed by atoms with Crippen molar-refractivity contribution in [1.82, 2.24) is 0 Å². The van der Waals surface area contributed by atoms with Gasteiger partial charge >= 0.3 is 0 Å². The fraction of sp³-hybridized carbons (Fsp3) is 0.467. The van der Waals surface area contributed by atoms with Crippen LogP contribution in [0, 0.1) is 5.92 Å². The van der Waals surface area contributed by atoms with Gasteiger partial charge in [0.1, 0.15) is 0 Å². The third-order valence-corrected chi connectivity index (χ3v) is 3.90. The molecule has 0 spiro atoms. The second-order valence-electron chi connectivity index (χ2n) is 4.83. The summed E-state index contributed by atoms with van der Waals surface area (Å²) in [5.41, 5.74) is 4.95. The van der Waals surface area contributed by atoms with Gasteiger partial charge in [0.25, 0.3) is 0 Å². The average Bonchev–Trinajstić information content (AvgIpc) is 2.54. The highest BCUT2D eigenvalue weighted by Crippen LogP contribution is 2.40. The van der Waals surface area contributed by atoms with E-state index in [0.29, 0.717) is 0 Å². The SMILES string of the molecule is C1=CCC2C(=C1)C=CC1=C2CCCCC1. The smallest absolute Gasteiger partial charge is 0.00885 e. The summed E-state index contributed by atoms with van der Waals surface area (Å²) in [5, 5.41) is 0. The molecule has 0 amide bonds. The molecule has 15 heavy (non-hydrogen) atoms. The normalized spacial score (nSPS) is 29.3. The molecular weight excluding hydrogens is 180 g/mol. The van der Waals surface area contributed by atoms with Gasteiger partial charge in [0.15, 0.2) is 0 Å². The molecule has 0 nitrogen and oxygen atoms in total. The highest BCUT2D eigenvalue weighted by atomic mass is 14.3. The van der Waals surface area contributed by atoms with Crippen LogP contribution >= 0.6 is 0 Å².